The molecular weight excluding hydrogens is 288 g/mol. The summed E-state index contributed by atoms with van der Waals surface area (Å²) in [5.41, 5.74) is 7.86. The molecule has 0 aliphatic rings. The number of aromatic nitrogens is 3. The van der Waals surface area contributed by atoms with Crippen LogP contribution in [-0.4, -0.2) is 25.2 Å². The van der Waals surface area contributed by atoms with E-state index in [0.29, 0.717) is 18.3 Å². The molecule has 122 valence electrons. The van der Waals surface area contributed by atoms with Crippen molar-refractivity contribution in [1.82, 2.24) is 14.5 Å². The summed E-state index contributed by atoms with van der Waals surface area (Å²) in [5, 5.41) is 11.4. The first-order chi connectivity index (χ1) is 10.8. The quantitative estimate of drug-likeness (QED) is 0.776. The molecule has 0 unspecified atom stereocenters. The summed E-state index contributed by atoms with van der Waals surface area (Å²) in [6, 6.07) is 7.93. The first-order valence-corrected chi connectivity index (χ1v) is 8.02. The van der Waals surface area contributed by atoms with Gasteiger partial charge in [0.05, 0.1) is 23.2 Å². The Morgan fingerprint density at radius 2 is 1.91 bits per heavy atom. The minimum absolute atomic E-state index is 0.443. The van der Waals surface area contributed by atoms with Gasteiger partial charge in [0.2, 0.25) is 0 Å². The van der Waals surface area contributed by atoms with Crippen molar-refractivity contribution < 1.29 is 5.11 Å². The van der Waals surface area contributed by atoms with Crippen LogP contribution in [0.25, 0.3) is 21.9 Å². The van der Waals surface area contributed by atoms with Crippen LogP contribution in [0, 0.1) is 5.92 Å². The van der Waals surface area contributed by atoms with Crippen LogP contribution in [0.2, 0.25) is 0 Å². The molecule has 5 nitrogen and oxygen atoms in total. The molecule has 23 heavy (non-hydrogen) atoms. The average Bonchev–Trinajstić information content (AvgIpc) is 2.76. The monoisotopic (exact) mass is 312 g/mol. The predicted octanol–water partition coefficient (Wildman–Crippen LogP) is 3.14. The molecule has 1 aromatic carbocycles. The summed E-state index contributed by atoms with van der Waals surface area (Å²) >= 11 is 0. The second-order valence-electron chi connectivity index (χ2n) is 7.24. The number of aliphatic hydroxyl groups is 1. The fraction of sp³-hybridized carbons (Fsp3) is 0.444. The van der Waals surface area contributed by atoms with E-state index >= 15 is 0 Å². The van der Waals surface area contributed by atoms with E-state index in [1.807, 2.05) is 38.1 Å². The lowest BCUT2D eigenvalue weighted by atomic mass is 10.1. The van der Waals surface area contributed by atoms with Crippen molar-refractivity contribution in [2.45, 2.75) is 46.3 Å². The van der Waals surface area contributed by atoms with Crippen molar-refractivity contribution in [2.75, 3.05) is 5.73 Å². The molecule has 2 heterocycles. The second-order valence-corrected chi connectivity index (χ2v) is 7.24. The predicted molar refractivity (Wildman–Crippen MR) is 94.3 cm³/mol. The molecule has 3 rings (SSSR count). The minimum atomic E-state index is -0.835. The molecule has 0 spiro atoms. The number of rotatable bonds is 4. The van der Waals surface area contributed by atoms with Crippen LogP contribution >= 0.6 is 0 Å². The van der Waals surface area contributed by atoms with Crippen LogP contribution in [0.5, 0.6) is 0 Å². The van der Waals surface area contributed by atoms with Gasteiger partial charge in [0.1, 0.15) is 11.3 Å². The molecule has 0 amide bonds. The Balaban J connectivity index is 2.37. The molecule has 0 aliphatic carbocycles. The maximum atomic E-state index is 10.4. The van der Waals surface area contributed by atoms with E-state index < -0.39 is 5.60 Å². The second kappa shape index (κ2) is 5.49. The Hall–Kier alpha value is -2.14. The summed E-state index contributed by atoms with van der Waals surface area (Å²) < 4.78 is 2.11. The Labute approximate surface area is 136 Å². The van der Waals surface area contributed by atoms with Gasteiger partial charge in [0, 0.05) is 11.8 Å². The van der Waals surface area contributed by atoms with Gasteiger partial charge in [-0.15, -0.1) is 0 Å². The number of fused-ring (bicyclic) bond motifs is 3. The first kappa shape index (κ1) is 15.7. The topological polar surface area (TPSA) is 77.0 Å². The molecule has 0 aliphatic heterocycles. The fourth-order valence-corrected chi connectivity index (χ4v) is 2.98. The molecule has 0 saturated heterocycles. The number of benzene rings is 1. The van der Waals surface area contributed by atoms with Gasteiger partial charge in [0.15, 0.2) is 5.82 Å². The zero-order valence-corrected chi connectivity index (χ0v) is 14.2. The highest BCUT2D eigenvalue weighted by atomic mass is 16.3. The van der Waals surface area contributed by atoms with Crippen molar-refractivity contribution in [2.24, 2.45) is 5.92 Å². The van der Waals surface area contributed by atoms with E-state index in [2.05, 4.69) is 23.4 Å². The van der Waals surface area contributed by atoms with Gasteiger partial charge in [-0.1, -0.05) is 32.0 Å². The number of nitrogens with two attached hydrogens (primary N) is 1. The third-order valence-electron chi connectivity index (χ3n) is 3.83. The number of hydrogen-bond donors (Lipinski definition) is 2. The summed E-state index contributed by atoms with van der Waals surface area (Å²) in [4.78, 5) is 9.22. The van der Waals surface area contributed by atoms with Crippen LogP contribution in [-0.2, 0) is 13.0 Å². The lowest BCUT2D eigenvalue weighted by molar-refractivity contribution is 0.0617. The number of para-hydroxylation sites is 1. The van der Waals surface area contributed by atoms with E-state index in [0.717, 1.165) is 34.2 Å². The van der Waals surface area contributed by atoms with Gasteiger partial charge in [-0.2, -0.15) is 0 Å². The Morgan fingerprint density at radius 3 is 2.57 bits per heavy atom. The minimum Gasteiger partial charge on any atom is -0.389 e. The molecular formula is C18H24N4O. The Kier molecular flexibility index (Phi) is 3.76. The maximum absolute atomic E-state index is 10.4. The summed E-state index contributed by atoms with van der Waals surface area (Å²) in [5.74, 6) is 1.85. The van der Waals surface area contributed by atoms with Crippen molar-refractivity contribution >= 4 is 27.8 Å². The van der Waals surface area contributed by atoms with Crippen LogP contribution < -0.4 is 5.73 Å². The third-order valence-corrected chi connectivity index (χ3v) is 3.83. The van der Waals surface area contributed by atoms with Gasteiger partial charge in [0.25, 0.3) is 0 Å². The zero-order valence-electron chi connectivity index (χ0n) is 14.2. The zero-order chi connectivity index (χ0) is 16.8. The lowest BCUT2D eigenvalue weighted by Gasteiger charge is -2.21. The molecule has 5 heteroatoms. The van der Waals surface area contributed by atoms with E-state index in [1.54, 1.807) is 0 Å². The van der Waals surface area contributed by atoms with Crippen molar-refractivity contribution in [3.63, 3.8) is 0 Å². The Bertz CT molecular complexity index is 859. The van der Waals surface area contributed by atoms with E-state index in [-0.39, 0.29) is 0 Å². The molecule has 0 saturated carbocycles. The standard InChI is InChI=1S/C18H24N4O/c1-11(2)9-14-21-15-16(22(14)10-18(3,4)23)12-7-5-6-8-13(12)20-17(15)19/h5-8,11,23H,9-10H2,1-4H3,(H2,19,20). The molecule has 3 N–H and O–H groups in total. The third kappa shape index (κ3) is 3.01. The van der Waals surface area contributed by atoms with E-state index in [1.165, 1.54) is 0 Å². The van der Waals surface area contributed by atoms with Gasteiger partial charge in [-0.3, -0.25) is 0 Å². The van der Waals surface area contributed by atoms with E-state index in [4.69, 9.17) is 10.7 Å². The first-order valence-electron chi connectivity index (χ1n) is 8.02. The molecule has 0 bridgehead atoms. The highest BCUT2D eigenvalue weighted by Crippen LogP contribution is 2.30. The average molecular weight is 312 g/mol. The normalized spacial score (nSPS) is 12.6. The van der Waals surface area contributed by atoms with Crippen LogP contribution in [0.3, 0.4) is 0 Å². The van der Waals surface area contributed by atoms with Gasteiger partial charge in [-0.05, 0) is 25.8 Å². The number of anilines is 1. The van der Waals surface area contributed by atoms with Gasteiger partial charge >= 0.3 is 0 Å². The van der Waals surface area contributed by atoms with Crippen molar-refractivity contribution in [1.29, 1.82) is 0 Å². The molecule has 0 fully saturated rings. The number of imidazole rings is 1. The number of nitrogen functional groups attached to an aromatic ring is 1. The fourth-order valence-electron chi connectivity index (χ4n) is 2.98. The van der Waals surface area contributed by atoms with Crippen molar-refractivity contribution in [3.05, 3.63) is 30.1 Å². The van der Waals surface area contributed by atoms with Gasteiger partial charge in [-0.25, -0.2) is 9.97 Å². The molecule has 0 radical (unpaired) electrons. The smallest absolute Gasteiger partial charge is 0.152 e. The number of hydrogen-bond acceptors (Lipinski definition) is 4. The highest BCUT2D eigenvalue weighted by molar-refractivity contribution is 6.06. The summed E-state index contributed by atoms with van der Waals surface area (Å²) in [7, 11) is 0. The maximum Gasteiger partial charge on any atom is 0.152 e. The summed E-state index contributed by atoms with van der Waals surface area (Å²) in [6.45, 7) is 8.41. The van der Waals surface area contributed by atoms with Crippen LogP contribution in [0.15, 0.2) is 24.3 Å². The van der Waals surface area contributed by atoms with Gasteiger partial charge < -0.3 is 15.4 Å². The number of pyridine rings is 1. The Morgan fingerprint density at radius 1 is 1.22 bits per heavy atom. The van der Waals surface area contributed by atoms with Crippen LogP contribution in [0.4, 0.5) is 5.82 Å². The largest absolute Gasteiger partial charge is 0.389 e. The SMILES string of the molecule is CC(C)Cc1nc2c(N)nc3ccccc3c2n1CC(C)(C)O. The number of nitrogens with zero attached hydrogens (tertiary/aromatic N) is 3. The highest BCUT2D eigenvalue weighted by Gasteiger charge is 2.22. The van der Waals surface area contributed by atoms with E-state index in [9.17, 15) is 5.11 Å². The molecule has 2 aromatic heterocycles. The molecule has 3 aromatic rings. The van der Waals surface area contributed by atoms with Crippen molar-refractivity contribution in [3.8, 4) is 0 Å². The lowest BCUT2D eigenvalue weighted by Crippen LogP contribution is -2.27. The van der Waals surface area contributed by atoms with Crippen LogP contribution in [0.1, 0.15) is 33.5 Å². The molecule has 0 atom stereocenters. The summed E-state index contributed by atoms with van der Waals surface area (Å²) in [6.07, 6.45) is 0.832.